The molecule has 0 unspecified atom stereocenters. The SMILES string of the molecule is Cc1ccc2c(c1)-c1ccccc1-c1cccc(-c3cc(-c4ccccc4)cc(-c4ccccc4)c3)c1N2.c1ccc(-n2c3ccccc3c3ccccc32)cc1. The molecule has 9 aromatic carbocycles. The maximum Gasteiger partial charge on any atom is 0.0543 e. The van der Waals surface area contributed by atoms with E-state index in [-0.39, 0.29) is 0 Å². The van der Waals surface area contributed by atoms with Crippen LogP contribution in [0.2, 0.25) is 0 Å². The highest BCUT2D eigenvalue weighted by Gasteiger charge is 2.22. The van der Waals surface area contributed by atoms with Crippen molar-refractivity contribution in [1.29, 1.82) is 0 Å². The van der Waals surface area contributed by atoms with Crippen molar-refractivity contribution in [2.75, 3.05) is 5.32 Å². The quantitative estimate of drug-likeness (QED) is 0.191. The standard InChI is InChI=1S/C37H27N.C18H13N/c1-25-19-20-36-35(21-25)33-16-9-8-15-32(33)34-18-10-17-31(37(34)38-36)30-23-28(26-11-4-2-5-12-26)22-29(24-30)27-13-6-3-7-14-27;1-2-8-14(9-3-1)19-17-12-6-4-10-15(17)16-11-5-7-13-18(16)19/h2-24,38H,1H3;1-13H. The minimum absolute atomic E-state index is 1.14. The molecule has 0 bridgehead atoms. The van der Waals surface area contributed by atoms with Crippen molar-refractivity contribution in [2.24, 2.45) is 0 Å². The molecule has 1 aliphatic rings. The maximum absolute atomic E-state index is 3.86. The summed E-state index contributed by atoms with van der Waals surface area (Å²) in [6.45, 7) is 2.16. The molecule has 0 saturated carbocycles. The van der Waals surface area contributed by atoms with Crippen LogP contribution in [0.4, 0.5) is 11.4 Å². The summed E-state index contributed by atoms with van der Waals surface area (Å²) >= 11 is 0. The fourth-order valence-corrected chi connectivity index (χ4v) is 8.38. The smallest absolute Gasteiger partial charge is 0.0543 e. The van der Waals surface area contributed by atoms with Crippen molar-refractivity contribution in [3.63, 3.8) is 0 Å². The fourth-order valence-electron chi connectivity index (χ4n) is 8.38. The first-order valence-electron chi connectivity index (χ1n) is 19.6. The predicted octanol–water partition coefficient (Wildman–Crippen LogP) is 15.2. The second-order valence-corrected chi connectivity index (χ2v) is 14.7. The topological polar surface area (TPSA) is 17.0 Å². The van der Waals surface area contributed by atoms with Gasteiger partial charge < -0.3 is 9.88 Å². The van der Waals surface area contributed by atoms with Crippen LogP contribution in [0.5, 0.6) is 0 Å². The highest BCUT2D eigenvalue weighted by molar-refractivity contribution is 6.09. The molecule has 10 aromatic rings. The lowest BCUT2D eigenvalue weighted by Crippen LogP contribution is -1.96. The van der Waals surface area contributed by atoms with Gasteiger partial charge in [0.05, 0.1) is 16.7 Å². The zero-order valence-corrected chi connectivity index (χ0v) is 31.7. The number of hydrogen-bond donors (Lipinski definition) is 1. The second-order valence-electron chi connectivity index (χ2n) is 14.7. The molecule has 57 heavy (non-hydrogen) atoms. The van der Waals surface area contributed by atoms with E-state index >= 15 is 0 Å². The molecule has 2 nitrogen and oxygen atoms in total. The summed E-state index contributed by atoms with van der Waals surface area (Å²) < 4.78 is 2.32. The van der Waals surface area contributed by atoms with E-state index in [1.54, 1.807) is 0 Å². The Balaban J connectivity index is 0.000000174. The predicted molar refractivity (Wildman–Crippen MR) is 242 cm³/mol. The molecule has 1 aliphatic heterocycles. The van der Waals surface area contributed by atoms with Crippen molar-refractivity contribution in [3.8, 4) is 61.3 Å². The van der Waals surface area contributed by atoms with Crippen LogP contribution in [-0.4, -0.2) is 4.57 Å². The van der Waals surface area contributed by atoms with E-state index in [0.717, 1.165) is 11.4 Å². The molecule has 2 heteroatoms. The third-order valence-corrected chi connectivity index (χ3v) is 11.1. The lowest BCUT2D eigenvalue weighted by Gasteiger charge is -2.18. The van der Waals surface area contributed by atoms with Crippen LogP contribution in [0.25, 0.3) is 83.1 Å². The minimum Gasteiger partial charge on any atom is -0.354 e. The molecular weight excluding hydrogens is 689 g/mol. The van der Waals surface area contributed by atoms with Gasteiger partial charge in [0.2, 0.25) is 0 Å². The number of aryl methyl sites for hydroxylation is 1. The summed E-state index contributed by atoms with van der Waals surface area (Å²) in [6, 6.07) is 78.0. The van der Waals surface area contributed by atoms with Crippen molar-refractivity contribution in [3.05, 3.63) is 224 Å². The van der Waals surface area contributed by atoms with Gasteiger partial charge in [0, 0.05) is 38.8 Å². The lowest BCUT2D eigenvalue weighted by atomic mass is 9.89. The Kier molecular flexibility index (Phi) is 8.78. The second kappa shape index (κ2) is 14.7. The monoisotopic (exact) mass is 728 g/mol. The number of nitrogens with one attached hydrogen (secondary N) is 1. The van der Waals surface area contributed by atoms with Crippen LogP contribution in [0.15, 0.2) is 218 Å². The summed E-state index contributed by atoms with van der Waals surface area (Å²) in [6.07, 6.45) is 0. The summed E-state index contributed by atoms with van der Waals surface area (Å²) in [4.78, 5) is 0. The average molecular weight is 729 g/mol. The molecule has 0 saturated heterocycles. The van der Waals surface area contributed by atoms with E-state index in [1.165, 1.54) is 88.7 Å². The molecule has 0 fully saturated rings. The summed E-state index contributed by atoms with van der Waals surface area (Å²) in [7, 11) is 0. The fraction of sp³-hybridized carbons (Fsp3) is 0.0182. The molecular formula is C55H40N2. The third kappa shape index (κ3) is 6.38. The molecule has 0 radical (unpaired) electrons. The van der Waals surface area contributed by atoms with Gasteiger partial charge in [0.15, 0.2) is 0 Å². The molecule has 0 amide bonds. The van der Waals surface area contributed by atoms with Crippen molar-refractivity contribution < 1.29 is 0 Å². The molecule has 11 rings (SSSR count). The van der Waals surface area contributed by atoms with Crippen LogP contribution in [0.3, 0.4) is 0 Å². The number of anilines is 2. The van der Waals surface area contributed by atoms with Crippen LogP contribution in [-0.2, 0) is 0 Å². The first-order valence-corrected chi connectivity index (χ1v) is 19.6. The first-order chi connectivity index (χ1) is 28.2. The number of benzene rings is 9. The number of para-hydroxylation sites is 4. The van der Waals surface area contributed by atoms with Gasteiger partial charge in [-0.3, -0.25) is 0 Å². The van der Waals surface area contributed by atoms with Gasteiger partial charge in [-0.1, -0.05) is 169 Å². The molecule has 1 aromatic heterocycles. The Hall–Kier alpha value is -7.42. The molecule has 0 aliphatic carbocycles. The highest BCUT2D eigenvalue weighted by Crippen LogP contribution is 2.48. The number of fused-ring (bicyclic) bond motifs is 8. The van der Waals surface area contributed by atoms with Crippen molar-refractivity contribution in [2.45, 2.75) is 6.92 Å². The van der Waals surface area contributed by atoms with Gasteiger partial charge in [-0.25, -0.2) is 0 Å². The Morgan fingerprint density at radius 2 is 0.807 bits per heavy atom. The van der Waals surface area contributed by atoms with Gasteiger partial charge >= 0.3 is 0 Å². The average Bonchev–Trinajstić information content (AvgIpc) is 3.55. The largest absolute Gasteiger partial charge is 0.354 e. The Morgan fingerprint density at radius 3 is 1.42 bits per heavy atom. The summed E-state index contributed by atoms with van der Waals surface area (Å²) in [5.74, 6) is 0. The normalized spacial score (nSPS) is 11.4. The van der Waals surface area contributed by atoms with Gasteiger partial charge in [0.1, 0.15) is 0 Å². The molecule has 2 heterocycles. The van der Waals surface area contributed by atoms with E-state index in [1.807, 2.05) is 0 Å². The van der Waals surface area contributed by atoms with E-state index in [0.29, 0.717) is 0 Å². The summed E-state index contributed by atoms with van der Waals surface area (Å²) in [5, 5.41) is 6.48. The maximum atomic E-state index is 3.86. The van der Waals surface area contributed by atoms with E-state index in [2.05, 4.69) is 235 Å². The van der Waals surface area contributed by atoms with Gasteiger partial charge in [0.25, 0.3) is 0 Å². The van der Waals surface area contributed by atoms with E-state index in [4.69, 9.17) is 0 Å². The van der Waals surface area contributed by atoms with Crippen LogP contribution in [0, 0.1) is 6.92 Å². The minimum atomic E-state index is 1.14. The number of aromatic nitrogens is 1. The van der Waals surface area contributed by atoms with Gasteiger partial charge in [-0.2, -0.15) is 0 Å². The van der Waals surface area contributed by atoms with Gasteiger partial charge in [-0.05, 0) is 100 Å². The first kappa shape index (κ1) is 34.1. The third-order valence-electron chi connectivity index (χ3n) is 11.1. The Morgan fingerprint density at radius 1 is 0.333 bits per heavy atom. The van der Waals surface area contributed by atoms with Gasteiger partial charge in [-0.15, -0.1) is 0 Å². The van der Waals surface area contributed by atoms with Crippen LogP contribution >= 0.6 is 0 Å². The number of nitrogens with zero attached hydrogens (tertiary/aromatic N) is 1. The molecule has 0 spiro atoms. The molecule has 270 valence electrons. The lowest BCUT2D eigenvalue weighted by molar-refractivity contribution is 1.18. The summed E-state index contributed by atoms with van der Waals surface area (Å²) in [5.41, 5.74) is 19.5. The highest BCUT2D eigenvalue weighted by atomic mass is 15.0. The number of hydrogen-bond acceptors (Lipinski definition) is 1. The number of rotatable bonds is 4. The molecule has 0 atom stereocenters. The van der Waals surface area contributed by atoms with E-state index in [9.17, 15) is 0 Å². The van der Waals surface area contributed by atoms with Crippen molar-refractivity contribution in [1.82, 2.24) is 4.57 Å². The molecule has 1 N–H and O–H groups in total. The zero-order valence-electron chi connectivity index (χ0n) is 31.7. The van der Waals surface area contributed by atoms with E-state index < -0.39 is 0 Å². The van der Waals surface area contributed by atoms with Crippen LogP contribution in [0.1, 0.15) is 5.56 Å². The van der Waals surface area contributed by atoms with Crippen molar-refractivity contribution >= 4 is 33.2 Å². The zero-order chi connectivity index (χ0) is 38.1. The Labute approximate surface area is 334 Å². The van der Waals surface area contributed by atoms with Crippen LogP contribution < -0.4 is 5.32 Å². The Bertz CT molecular complexity index is 2920.